The van der Waals surface area contributed by atoms with Crippen LogP contribution in [0.3, 0.4) is 0 Å². The number of thioether (sulfide) groups is 1. The number of benzene rings is 1. The van der Waals surface area contributed by atoms with Gasteiger partial charge in [0.1, 0.15) is 0 Å². The first-order valence-electron chi connectivity index (χ1n) is 4.52. The lowest BCUT2D eigenvalue weighted by Gasteiger charge is -2.00. The maximum atomic E-state index is 3.99. The van der Waals surface area contributed by atoms with E-state index in [0.717, 1.165) is 5.75 Å². The predicted octanol–water partition coefficient (Wildman–Crippen LogP) is 3.95. The first kappa shape index (κ1) is 12.3. The summed E-state index contributed by atoms with van der Waals surface area (Å²) in [5.41, 5.74) is 1.36. The van der Waals surface area contributed by atoms with Crippen LogP contribution >= 0.6 is 28.7 Å². The van der Waals surface area contributed by atoms with Crippen LogP contribution in [0.1, 0.15) is 5.56 Å². The summed E-state index contributed by atoms with van der Waals surface area (Å²) in [5.74, 6) is 1.02. The highest BCUT2D eigenvalue weighted by Gasteiger charge is 1.93. The summed E-state index contributed by atoms with van der Waals surface area (Å²) in [4.78, 5) is 5.25. The second kappa shape index (κ2) is 6.64. The summed E-state index contributed by atoms with van der Waals surface area (Å²) in [7, 11) is 0. The summed E-state index contributed by atoms with van der Waals surface area (Å²) in [5, 5.41) is 0. The van der Waals surface area contributed by atoms with Crippen LogP contribution in [0.5, 0.6) is 0 Å². The molecule has 3 heteroatoms. The van der Waals surface area contributed by atoms with Gasteiger partial charge in [0.05, 0.1) is 0 Å². The van der Waals surface area contributed by atoms with Crippen molar-refractivity contribution in [2.45, 2.75) is 10.6 Å². The van der Waals surface area contributed by atoms with Gasteiger partial charge >= 0.3 is 0 Å². The van der Waals surface area contributed by atoms with Gasteiger partial charge in [0.2, 0.25) is 0 Å². The number of rotatable bonds is 3. The molecule has 1 nitrogen and oxygen atoms in total. The fraction of sp³-hybridized carbons (Fsp3) is 0.0833. The van der Waals surface area contributed by atoms with E-state index in [1.165, 1.54) is 10.5 Å². The Morgan fingerprint density at radius 1 is 0.933 bits per heavy atom. The van der Waals surface area contributed by atoms with Crippen molar-refractivity contribution < 1.29 is 0 Å². The molecule has 0 bridgehead atoms. The molecular weight excluding hydrogens is 270 g/mol. The van der Waals surface area contributed by atoms with Crippen molar-refractivity contribution in [2.24, 2.45) is 0 Å². The van der Waals surface area contributed by atoms with Gasteiger partial charge in [-0.2, -0.15) is 0 Å². The largest absolute Gasteiger partial charge is 0.265 e. The van der Waals surface area contributed by atoms with Crippen LogP contribution in [-0.4, -0.2) is 4.98 Å². The smallest absolute Gasteiger partial charge is 0.0278 e. The maximum absolute atomic E-state index is 3.99. The first-order valence-corrected chi connectivity index (χ1v) is 5.50. The van der Waals surface area contributed by atoms with Crippen molar-refractivity contribution in [1.29, 1.82) is 0 Å². The van der Waals surface area contributed by atoms with Gasteiger partial charge in [-0.25, -0.2) is 0 Å². The minimum atomic E-state index is 0. The molecule has 0 aliphatic heterocycles. The highest BCUT2D eigenvalue weighted by molar-refractivity contribution is 8.93. The van der Waals surface area contributed by atoms with Crippen molar-refractivity contribution in [1.82, 2.24) is 4.98 Å². The summed E-state index contributed by atoms with van der Waals surface area (Å²) < 4.78 is 0. The maximum Gasteiger partial charge on any atom is 0.0278 e. The fourth-order valence-corrected chi connectivity index (χ4v) is 2.02. The molecule has 1 heterocycles. The topological polar surface area (TPSA) is 12.9 Å². The minimum absolute atomic E-state index is 0. The van der Waals surface area contributed by atoms with Crippen LogP contribution < -0.4 is 0 Å². The third-order valence-corrected chi connectivity index (χ3v) is 2.98. The Balaban J connectivity index is 0.00000112. The molecule has 1 aromatic carbocycles. The lowest BCUT2D eigenvalue weighted by molar-refractivity contribution is 1.26. The lowest BCUT2D eigenvalue weighted by Crippen LogP contribution is -1.79. The fourth-order valence-electron chi connectivity index (χ4n) is 1.18. The van der Waals surface area contributed by atoms with Crippen molar-refractivity contribution in [2.75, 3.05) is 0 Å². The highest BCUT2D eigenvalue weighted by atomic mass is 79.9. The number of hydrogen-bond donors (Lipinski definition) is 0. The molecule has 2 rings (SSSR count). The highest BCUT2D eigenvalue weighted by Crippen LogP contribution is 2.21. The normalized spacial score (nSPS) is 9.33. The molecule has 0 fully saturated rings. The van der Waals surface area contributed by atoms with Gasteiger partial charge in [0, 0.05) is 23.0 Å². The van der Waals surface area contributed by atoms with Crippen molar-refractivity contribution in [3.63, 3.8) is 0 Å². The van der Waals surface area contributed by atoms with E-state index < -0.39 is 0 Å². The second-order valence-electron chi connectivity index (χ2n) is 2.96. The Labute approximate surface area is 105 Å². The SMILES string of the molecule is Br.c1ccc(CSc2ccncc2)cc1. The predicted molar refractivity (Wildman–Crippen MR) is 70.6 cm³/mol. The Bertz CT molecular complexity index is 338. The van der Waals surface area contributed by atoms with Crippen molar-refractivity contribution >= 4 is 28.7 Å². The Morgan fingerprint density at radius 2 is 1.60 bits per heavy atom. The van der Waals surface area contributed by atoms with Crippen molar-refractivity contribution in [3.8, 4) is 0 Å². The van der Waals surface area contributed by atoms with Gasteiger partial charge in [-0.1, -0.05) is 30.3 Å². The summed E-state index contributed by atoms with van der Waals surface area (Å²) in [6, 6.07) is 14.6. The summed E-state index contributed by atoms with van der Waals surface area (Å²) in [6.07, 6.45) is 3.65. The van der Waals surface area contributed by atoms with Gasteiger partial charge < -0.3 is 0 Å². The molecule has 0 saturated heterocycles. The summed E-state index contributed by atoms with van der Waals surface area (Å²) in [6.45, 7) is 0. The molecular formula is C12H12BrNS. The van der Waals surface area contributed by atoms with Gasteiger partial charge in [0.15, 0.2) is 0 Å². The molecule has 0 unspecified atom stereocenters. The van der Waals surface area contributed by atoms with Crippen molar-refractivity contribution in [3.05, 3.63) is 60.4 Å². The van der Waals surface area contributed by atoms with Crippen LogP contribution in [0.15, 0.2) is 59.8 Å². The molecule has 0 amide bonds. The van der Waals surface area contributed by atoms with E-state index in [4.69, 9.17) is 0 Å². The van der Waals surface area contributed by atoms with Crippen LogP contribution in [0.2, 0.25) is 0 Å². The second-order valence-corrected chi connectivity index (χ2v) is 4.01. The molecule has 0 N–H and O–H groups in total. The van der Waals surface area contributed by atoms with E-state index in [2.05, 4.69) is 29.2 Å². The molecule has 0 atom stereocenters. The monoisotopic (exact) mass is 281 g/mol. The summed E-state index contributed by atoms with van der Waals surface area (Å²) >= 11 is 1.83. The molecule has 78 valence electrons. The van der Waals surface area contributed by atoms with Crippen LogP contribution in [0, 0.1) is 0 Å². The standard InChI is InChI=1S/C12H11NS.BrH/c1-2-4-11(5-3-1)10-14-12-6-8-13-9-7-12;/h1-9H,10H2;1H. The van der Waals surface area contributed by atoms with E-state index in [9.17, 15) is 0 Å². The van der Waals surface area contributed by atoms with Crippen LogP contribution in [0.25, 0.3) is 0 Å². The molecule has 1 aromatic heterocycles. The van der Waals surface area contributed by atoms with Crippen LogP contribution in [0.4, 0.5) is 0 Å². The van der Waals surface area contributed by atoms with Gasteiger partial charge in [0.25, 0.3) is 0 Å². The average molecular weight is 282 g/mol. The van der Waals surface area contributed by atoms with E-state index in [0.29, 0.717) is 0 Å². The van der Waals surface area contributed by atoms with Gasteiger partial charge in [-0.05, 0) is 17.7 Å². The molecule has 0 radical (unpaired) electrons. The Morgan fingerprint density at radius 3 is 2.27 bits per heavy atom. The molecule has 0 saturated carbocycles. The quantitative estimate of drug-likeness (QED) is 0.790. The molecule has 15 heavy (non-hydrogen) atoms. The lowest BCUT2D eigenvalue weighted by atomic mass is 10.2. The average Bonchev–Trinajstić information content (AvgIpc) is 2.29. The number of pyridine rings is 1. The minimum Gasteiger partial charge on any atom is -0.265 e. The number of aromatic nitrogens is 1. The molecule has 0 aliphatic rings. The van der Waals surface area contributed by atoms with E-state index >= 15 is 0 Å². The van der Waals surface area contributed by atoms with Crippen LogP contribution in [-0.2, 0) is 5.75 Å². The molecule has 2 aromatic rings. The molecule has 0 aliphatic carbocycles. The zero-order valence-corrected chi connectivity index (χ0v) is 10.7. The number of halogens is 1. The Hall–Kier alpha value is -0.800. The third kappa shape index (κ3) is 4.06. The Kier molecular flexibility index (Phi) is 5.43. The number of nitrogens with zero attached hydrogens (tertiary/aromatic N) is 1. The zero-order valence-electron chi connectivity index (χ0n) is 8.17. The zero-order chi connectivity index (χ0) is 9.64. The first-order chi connectivity index (χ1) is 6.95. The van der Waals surface area contributed by atoms with E-state index in [1.807, 2.05) is 42.4 Å². The van der Waals surface area contributed by atoms with E-state index in [1.54, 1.807) is 0 Å². The number of hydrogen-bond acceptors (Lipinski definition) is 2. The molecule has 0 spiro atoms. The van der Waals surface area contributed by atoms with E-state index in [-0.39, 0.29) is 17.0 Å². The van der Waals surface area contributed by atoms with Gasteiger partial charge in [-0.15, -0.1) is 28.7 Å². The third-order valence-electron chi connectivity index (χ3n) is 1.90. The van der Waals surface area contributed by atoms with Gasteiger partial charge in [-0.3, -0.25) is 4.98 Å².